The van der Waals surface area contributed by atoms with E-state index in [-0.39, 0.29) is 7.43 Å². The van der Waals surface area contributed by atoms with E-state index in [9.17, 15) is 0 Å². The molecule has 0 rings (SSSR count). The molecule has 0 spiro atoms. The lowest BCUT2D eigenvalue weighted by Gasteiger charge is -2.29. The zero-order valence-electron chi connectivity index (χ0n) is 8.10. The van der Waals surface area contributed by atoms with Crippen LogP contribution in [0.1, 0.15) is 7.43 Å². The van der Waals surface area contributed by atoms with Crippen molar-refractivity contribution in [2.24, 2.45) is 0 Å². The van der Waals surface area contributed by atoms with Crippen molar-refractivity contribution in [2.45, 2.75) is 33.6 Å². The van der Waals surface area contributed by atoms with Gasteiger partial charge in [0, 0.05) is 7.11 Å². The smallest absolute Gasteiger partial charge is 0.350 e. The minimum absolute atomic E-state index is 0. The maximum absolute atomic E-state index is 5.86. The molecule has 4 heteroatoms. The van der Waals surface area contributed by atoms with Crippen molar-refractivity contribution in [3.63, 3.8) is 0 Å². The lowest BCUT2D eigenvalue weighted by atomic mass is 11.3. The molecule has 0 aromatic heterocycles. The largest absolute Gasteiger partial charge is 0.433 e. The molecule has 2 nitrogen and oxygen atoms in total. The Labute approximate surface area is 79.0 Å². The highest BCUT2D eigenvalue weighted by Gasteiger charge is 2.32. The second-order valence-electron chi connectivity index (χ2n) is 3.64. The molecule has 0 fully saturated rings. The predicted molar refractivity (Wildman–Crippen MR) is 60.0 cm³/mol. The first-order valence-corrected chi connectivity index (χ1v) is 9.52. The molecule has 0 saturated carbocycles. The number of hydrogen-bond acceptors (Lipinski definition) is 2. The van der Waals surface area contributed by atoms with Crippen molar-refractivity contribution in [1.82, 2.24) is 0 Å². The van der Waals surface area contributed by atoms with Gasteiger partial charge in [-0.05, 0) is 26.2 Å². The molecule has 0 aromatic rings. The van der Waals surface area contributed by atoms with Gasteiger partial charge in [0.1, 0.15) is 0 Å². The quantitative estimate of drug-likeness (QED) is 0.659. The maximum atomic E-state index is 5.86. The van der Waals surface area contributed by atoms with Gasteiger partial charge >= 0.3 is 8.56 Å². The number of rotatable bonds is 4. The van der Waals surface area contributed by atoms with Crippen molar-refractivity contribution in [1.29, 1.82) is 0 Å². The van der Waals surface area contributed by atoms with Crippen molar-refractivity contribution >= 4 is 16.9 Å². The predicted octanol–water partition coefficient (Wildman–Crippen LogP) is 2.92. The second-order valence-corrected chi connectivity index (χ2v) is 11.5. The van der Waals surface area contributed by atoms with E-state index in [1.165, 1.54) is 0 Å². The normalized spacial score (nSPS) is 16.1. The van der Waals surface area contributed by atoms with Crippen LogP contribution < -0.4 is 0 Å². The van der Waals surface area contributed by atoms with Crippen LogP contribution in [0.2, 0.25) is 26.2 Å². The van der Waals surface area contributed by atoms with Crippen molar-refractivity contribution in [3.05, 3.63) is 12.3 Å². The van der Waals surface area contributed by atoms with Crippen LogP contribution in [0.4, 0.5) is 0 Å². The van der Waals surface area contributed by atoms with E-state index >= 15 is 0 Å². The summed E-state index contributed by atoms with van der Waals surface area (Å²) in [5.74, 6) is 0. The Bertz CT molecular complexity index is 142. The molecule has 1 atom stereocenters. The molecular weight excluding hydrogens is 184 g/mol. The van der Waals surface area contributed by atoms with Crippen LogP contribution in [0.25, 0.3) is 0 Å². The first-order valence-electron chi connectivity index (χ1n) is 3.72. The van der Waals surface area contributed by atoms with E-state index in [1.54, 1.807) is 7.11 Å². The molecule has 0 bridgehead atoms. The summed E-state index contributed by atoms with van der Waals surface area (Å²) in [4.78, 5) is 0. The van der Waals surface area contributed by atoms with Gasteiger partial charge in [-0.25, -0.2) is 0 Å². The van der Waals surface area contributed by atoms with Gasteiger partial charge in [0.2, 0.25) is 0 Å². The van der Waals surface area contributed by atoms with E-state index in [2.05, 4.69) is 26.2 Å². The van der Waals surface area contributed by atoms with Crippen LogP contribution in [0.15, 0.2) is 12.3 Å². The van der Waals surface area contributed by atoms with Gasteiger partial charge in [-0.2, -0.15) is 0 Å². The molecule has 0 amide bonds. The third-order valence-corrected chi connectivity index (χ3v) is 6.91. The monoisotopic (exact) mass is 206 g/mol. The van der Waals surface area contributed by atoms with Gasteiger partial charge in [0.05, 0.1) is 0 Å². The molecule has 0 aliphatic rings. The van der Waals surface area contributed by atoms with Crippen molar-refractivity contribution in [2.75, 3.05) is 7.11 Å². The Kier molecular flexibility index (Phi) is 6.04. The average Bonchev–Trinajstić information content (AvgIpc) is 1.84. The van der Waals surface area contributed by atoms with Crippen LogP contribution in [-0.4, -0.2) is 24.0 Å². The molecule has 12 heavy (non-hydrogen) atoms. The summed E-state index contributed by atoms with van der Waals surface area (Å²) in [7, 11) is -1.79. The van der Waals surface area contributed by atoms with E-state index in [0.717, 1.165) is 0 Å². The molecule has 1 unspecified atom stereocenters. The molecule has 0 saturated heterocycles. The van der Waals surface area contributed by atoms with Crippen LogP contribution in [0.5, 0.6) is 0 Å². The third-order valence-electron chi connectivity index (χ3n) is 1.28. The van der Waals surface area contributed by atoms with Crippen molar-refractivity contribution < 1.29 is 8.54 Å². The third kappa shape index (κ3) is 5.71. The van der Waals surface area contributed by atoms with E-state index < -0.39 is 16.9 Å². The summed E-state index contributed by atoms with van der Waals surface area (Å²) < 4.78 is 11.2. The molecule has 0 radical (unpaired) electrons. The summed E-state index contributed by atoms with van der Waals surface area (Å²) >= 11 is 0. The van der Waals surface area contributed by atoms with E-state index in [4.69, 9.17) is 8.54 Å². The Hall–Kier alpha value is 0.0938. The summed E-state index contributed by atoms with van der Waals surface area (Å²) in [6.45, 7) is 12.2. The van der Waals surface area contributed by atoms with E-state index in [1.807, 2.05) is 12.2 Å². The first-order chi connectivity index (χ1) is 4.83. The summed E-state index contributed by atoms with van der Waals surface area (Å²) in [5.41, 5.74) is 1.82. The Morgan fingerprint density at radius 2 is 1.58 bits per heavy atom. The minimum atomic E-state index is -2.01. The summed E-state index contributed by atoms with van der Waals surface area (Å²) in [6, 6.07) is 0. The van der Waals surface area contributed by atoms with Gasteiger partial charge in [-0.1, -0.05) is 13.1 Å². The number of hydrogen-bond donors (Lipinski definition) is 0. The zero-order chi connectivity index (χ0) is 9.12. The van der Waals surface area contributed by atoms with Crippen LogP contribution in [0.3, 0.4) is 0 Å². The fourth-order valence-corrected chi connectivity index (χ4v) is 6.47. The van der Waals surface area contributed by atoms with Crippen LogP contribution in [0, 0.1) is 0 Å². The van der Waals surface area contributed by atoms with Gasteiger partial charge in [-0.15, -0.1) is 6.58 Å². The molecule has 0 aromatic carbocycles. The minimum Gasteiger partial charge on any atom is -0.433 e. The van der Waals surface area contributed by atoms with Gasteiger partial charge in [0.15, 0.2) is 8.32 Å². The Morgan fingerprint density at radius 3 is 1.67 bits per heavy atom. The molecular formula is C8H22O2Si2. The first kappa shape index (κ1) is 14.6. The highest BCUT2D eigenvalue weighted by Crippen LogP contribution is 2.14. The SMILES string of the molecule is C.C=C[Si](C)(OC)O[Si](C)(C)C. The van der Waals surface area contributed by atoms with Gasteiger partial charge in [0.25, 0.3) is 0 Å². The molecule has 0 N–H and O–H groups in total. The standard InChI is InChI=1S/C7H18O2Si2.CH4/c1-7-11(6,8-2)9-10(3,4)5;/h7H,1H2,2-6H3;1H4. The van der Waals surface area contributed by atoms with Gasteiger partial charge < -0.3 is 8.54 Å². The van der Waals surface area contributed by atoms with Crippen LogP contribution in [-0.2, 0) is 8.54 Å². The lowest BCUT2D eigenvalue weighted by Crippen LogP contribution is -2.45. The highest BCUT2D eigenvalue weighted by molar-refractivity contribution is 6.84. The fraction of sp³-hybridized carbons (Fsp3) is 0.750. The van der Waals surface area contributed by atoms with Crippen molar-refractivity contribution in [3.8, 4) is 0 Å². The molecule has 0 aliphatic carbocycles. The summed E-state index contributed by atoms with van der Waals surface area (Å²) in [5, 5.41) is 0. The maximum Gasteiger partial charge on any atom is 0.350 e. The van der Waals surface area contributed by atoms with Gasteiger partial charge in [-0.3, -0.25) is 0 Å². The highest BCUT2D eigenvalue weighted by atomic mass is 28.4. The Balaban J connectivity index is 0. The average molecular weight is 206 g/mol. The van der Waals surface area contributed by atoms with Crippen LogP contribution >= 0.6 is 0 Å². The zero-order valence-corrected chi connectivity index (χ0v) is 10.1. The molecule has 0 heterocycles. The topological polar surface area (TPSA) is 18.5 Å². The second kappa shape index (κ2) is 4.96. The Morgan fingerprint density at radius 1 is 1.17 bits per heavy atom. The lowest BCUT2D eigenvalue weighted by molar-refractivity contribution is 0.318. The molecule has 0 aliphatic heterocycles. The molecule has 74 valence electrons. The summed E-state index contributed by atoms with van der Waals surface area (Å²) in [6.07, 6.45) is 0. The fourth-order valence-electron chi connectivity index (χ4n) is 0.775. The van der Waals surface area contributed by atoms with E-state index in [0.29, 0.717) is 0 Å².